The quantitative estimate of drug-likeness (QED) is 0.851. The van der Waals surface area contributed by atoms with Gasteiger partial charge in [-0.25, -0.2) is 0 Å². The molecule has 0 aliphatic heterocycles. The van der Waals surface area contributed by atoms with Gasteiger partial charge in [-0.15, -0.1) is 0 Å². The fourth-order valence-corrected chi connectivity index (χ4v) is 3.08. The molecule has 0 bridgehead atoms. The topological polar surface area (TPSA) is 15.3 Å². The maximum atomic E-state index is 6.02. The molecule has 1 saturated carbocycles. The molecule has 3 heteroatoms. The summed E-state index contributed by atoms with van der Waals surface area (Å²) < 4.78 is 0. The van der Waals surface area contributed by atoms with Crippen molar-refractivity contribution >= 4 is 11.6 Å². The summed E-state index contributed by atoms with van der Waals surface area (Å²) in [6, 6.07) is 9.27. The Hall–Kier alpha value is -0.570. The molecule has 0 aromatic heterocycles. The van der Waals surface area contributed by atoms with Crippen molar-refractivity contribution in [2.75, 3.05) is 20.1 Å². The highest BCUT2D eigenvalue weighted by Gasteiger charge is 2.18. The molecular formula is C16H25ClN2. The Kier molecular flexibility index (Phi) is 5.68. The number of benzene rings is 1. The number of nitrogens with one attached hydrogen (secondary N) is 1. The SMILES string of the molecule is CC(NCCN(C)C1CCCC1)c1cccc(Cl)c1. The van der Waals surface area contributed by atoms with E-state index in [2.05, 4.69) is 30.3 Å². The third kappa shape index (κ3) is 4.48. The predicted molar refractivity (Wildman–Crippen MR) is 82.8 cm³/mol. The standard InChI is InChI=1S/C16H25ClN2/c1-13(14-6-5-7-15(17)12-14)18-10-11-19(2)16-8-3-4-9-16/h5-7,12-13,16,18H,3-4,8-11H2,1-2H3. The molecule has 1 fully saturated rings. The van der Waals surface area contributed by atoms with Crippen molar-refractivity contribution in [3.8, 4) is 0 Å². The van der Waals surface area contributed by atoms with E-state index < -0.39 is 0 Å². The van der Waals surface area contributed by atoms with Crippen molar-refractivity contribution in [1.29, 1.82) is 0 Å². The molecular weight excluding hydrogens is 256 g/mol. The summed E-state index contributed by atoms with van der Waals surface area (Å²) in [4.78, 5) is 2.50. The Morgan fingerprint density at radius 3 is 2.79 bits per heavy atom. The maximum absolute atomic E-state index is 6.02. The number of hydrogen-bond donors (Lipinski definition) is 1. The molecule has 2 nitrogen and oxygen atoms in total. The first kappa shape index (κ1) is 14.8. The molecule has 1 aromatic rings. The van der Waals surface area contributed by atoms with Gasteiger partial charge in [0.15, 0.2) is 0 Å². The minimum absolute atomic E-state index is 0.357. The van der Waals surface area contributed by atoms with Crippen LogP contribution in [0, 0.1) is 0 Å². The van der Waals surface area contributed by atoms with Crippen molar-refractivity contribution in [2.45, 2.75) is 44.7 Å². The van der Waals surface area contributed by atoms with E-state index in [1.54, 1.807) is 0 Å². The highest BCUT2D eigenvalue weighted by Crippen LogP contribution is 2.22. The van der Waals surface area contributed by atoms with Crippen molar-refractivity contribution in [1.82, 2.24) is 10.2 Å². The molecule has 0 saturated heterocycles. The summed E-state index contributed by atoms with van der Waals surface area (Å²) in [6.07, 6.45) is 5.56. The summed E-state index contributed by atoms with van der Waals surface area (Å²) >= 11 is 6.02. The summed E-state index contributed by atoms with van der Waals surface area (Å²) in [7, 11) is 2.25. The smallest absolute Gasteiger partial charge is 0.0409 e. The van der Waals surface area contributed by atoms with Gasteiger partial charge in [0.1, 0.15) is 0 Å². The van der Waals surface area contributed by atoms with E-state index in [9.17, 15) is 0 Å². The van der Waals surface area contributed by atoms with Gasteiger partial charge in [-0.3, -0.25) is 0 Å². The van der Waals surface area contributed by atoms with Crippen LogP contribution < -0.4 is 5.32 Å². The second-order valence-corrected chi connectivity index (χ2v) is 6.09. The van der Waals surface area contributed by atoms with E-state index in [0.717, 1.165) is 24.2 Å². The van der Waals surface area contributed by atoms with Gasteiger partial charge in [-0.05, 0) is 44.5 Å². The summed E-state index contributed by atoms with van der Waals surface area (Å²) in [6.45, 7) is 4.34. The van der Waals surface area contributed by atoms with Crippen LogP contribution in [0.5, 0.6) is 0 Å². The second kappa shape index (κ2) is 7.28. The van der Waals surface area contributed by atoms with E-state index in [1.807, 2.05) is 18.2 Å². The van der Waals surface area contributed by atoms with Crippen LogP contribution in [0.2, 0.25) is 5.02 Å². The maximum Gasteiger partial charge on any atom is 0.0409 e. The lowest BCUT2D eigenvalue weighted by Gasteiger charge is -2.25. The fraction of sp³-hybridized carbons (Fsp3) is 0.625. The van der Waals surface area contributed by atoms with Crippen LogP contribution in [-0.4, -0.2) is 31.1 Å². The Balaban J connectivity index is 1.72. The predicted octanol–water partition coefficient (Wildman–Crippen LogP) is 3.87. The zero-order valence-electron chi connectivity index (χ0n) is 12.0. The van der Waals surface area contributed by atoms with Gasteiger partial charge in [0.05, 0.1) is 0 Å². The number of rotatable bonds is 6. The zero-order chi connectivity index (χ0) is 13.7. The Morgan fingerprint density at radius 1 is 1.37 bits per heavy atom. The zero-order valence-corrected chi connectivity index (χ0v) is 12.8. The molecule has 0 heterocycles. The number of likely N-dealkylation sites (N-methyl/N-ethyl adjacent to an activating group) is 1. The van der Waals surface area contributed by atoms with Crippen molar-refractivity contribution in [2.24, 2.45) is 0 Å². The van der Waals surface area contributed by atoms with E-state index >= 15 is 0 Å². The van der Waals surface area contributed by atoms with E-state index in [-0.39, 0.29) is 0 Å². The summed E-state index contributed by atoms with van der Waals surface area (Å²) in [5, 5.41) is 4.39. The van der Waals surface area contributed by atoms with E-state index in [1.165, 1.54) is 31.2 Å². The number of halogens is 1. The molecule has 1 N–H and O–H groups in total. The molecule has 0 radical (unpaired) electrons. The molecule has 1 aliphatic rings. The highest BCUT2D eigenvalue weighted by atomic mass is 35.5. The largest absolute Gasteiger partial charge is 0.309 e. The Labute approximate surface area is 122 Å². The van der Waals surface area contributed by atoms with Crippen LogP contribution in [0.4, 0.5) is 0 Å². The van der Waals surface area contributed by atoms with Crippen LogP contribution >= 0.6 is 11.6 Å². The third-order valence-electron chi connectivity index (χ3n) is 4.21. The monoisotopic (exact) mass is 280 g/mol. The van der Waals surface area contributed by atoms with Crippen LogP contribution in [0.25, 0.3) is 0 Å². The molecule has 0 spiro atoms. The van der Waals surface area contributed by atoms with Crippen LogP contribution in [0.15, 0.2) is 24.3 Å². The summed E-state index contributed by atoms with van der Waals surface area (Å²) in [5.41, 5.74) is 1.26. The lowest BCUT2D eigenvalue weighted by atomic mass is 10.1. The van der Waals surface area contributed by atoms with Crippen molar-refractivity contribution in [3.05, 3.63) is 34.9 Å². The van der Waals surface area contributed by atoms with Gasteiger partial charge in [0.25, 0.3) is 0 Å². The van der Waals surface area contributed by atoms with Gasteiger partial charge < -0.3 is 10.2 Å². The van der Waals surface area contributed by atoms with Crippen molar-refractivity contribution < 1.29 is 0 Å². The highest BCUT2D eigenvalue weighted by molar-refractivity contribution is 6.30. The van der Waals surface area contributed by atoms with E-state index in [0.29, 0.717) is 6.04 Å². The number of nitrogens with zero attached hydrogens (tertiary/aromatic N) is 1. The van der Waals surface area contributed by atoms with Crippen LogP contribution in [0.3, 0.4) is 0 Å². The molecule has 1 aromatic carbocycles. The second-order valence-electron chi connectivity index (χ2n) is 5.65. The Bertz CT molecular complexity index is 388. The molecule has 19 heavy (non-hydrogen) atoms. The average Bonchev–Trinajstić information content (AvgIpc) is 2.92. The van der Waals surface area contributed by atoms with Crippen LogP contribution in [0.1, 0.15) is 44.2 Å². The van der Waals surface area contributed by atoms with Gasteiger partial charge >= 0.3 is 0 Å². The molecule has 1 aliphatic carbocycles. The van der Waals surface area contributed by atoms with Crippen LogP contribution in [-0.2, 0) is 0 Å². The minimum Gasteiger partial charge on any atom is -0.309 e. The van der Waals surface area contributed by atoms with Gasteiger partial charge in [-0.1, -0.05) is 36.6 Å². The third-order valence-corrected chi connectivity index (χ3v) is 4.45. The van der Waals surface area contributed by atoms with Gasteiger partial charge in [-0.2, -0.15) is 0 Å². The first-order valence-electron chi connectivity index (χ1n) is 7.36. The lowest BCUT2D eigenvalue weighted by Crippen LogP contribution is -2.36. The Morgan fingerprint density at radius 2 is 2.11 bits per heavy atom. The molecule has 0 amide bonds. The first-order chi connectivity index (χ1) is 9.16. The molecule has 2 rings (SSSR count). The normalized spacial score (nSPS) is 18.1. The number of hydrogen-bond acceptors (Lipinski definition) is 2. The summed E-state index contributed by atoms with van der Waals surface area (Å²) in [5.74, 6) is 0. The van der Waals surface area contributed by atoms with Gasteiger partial charge in [0.2, 0.25) is 0 Å². The van der Waals surface area contributed by atoms with Crippen molar-refractivity contribution in [3.63, 3.8) is 0 Å². The van der Waals surface area contributed by atoms with E-state index in [4.69, 9.17) is 11.6 Å². The van der Waals surface area contributed by atoms with Gasteiger partial charge in [0, 0.05) is 30.2 Å². The fourth-order valence-electron chi connectivity index (χ4n) is 2.88. The molecule has 1 atom stereocenters. The minimum atomic E-state index is 0.357. The lowest BCUT2D eigenvalue weighted by molar-refractivity contribution is 0.243. The first-order valence-corrected chi connectivity index (χ1v) is 7.73. The molecule has 106 valence electrons. The molecule has 1 unspecified atom stereocenters. The average molecular weight is 281 g/mol.